The number of carbonyl (C=O) groups is 6. The number of aliphatic carboxylic acids is 1. The molecule has 0 radical (unpaired) electrons. The highest BCUT2D eigenvalue weighted by Gasteiger charge is 2.34. The van der Waals surface area contributed by atoms with E-state index >= 15 is 0 Å². The Morgan fingerprint density at radius 1 is 0.500 bits per heavy atom. The fraction of sp³-hybridized carbons (Fsp3) is 0.385. The fourth-order valence-electron chi connectivity index (χ4n) is 5.15. The van der Waals surface area contributed by atoms with Gasteiger partial charge in [0.25, 0.3) is 0 Å². The van der Waals surface area contributed by atoms with E-state index in [2.05, 4.69) is 21.8 Å². The Morgan fingerprint density at radius 3 is 1.26 bits per heavy atom. The van der Waals surface area contributed by atoms with Crippen molar-refractivity contribution in [3.05, 3.63) is 108 Å². The average Bonchev–Trinajstić information content (AvgIpc) is 3.17. The van der Waals surface area contributed by atoms with Crippen LogP contribution in [0.1, 0.15) is 80.9 Å². The van der Waals surface area contributed by atoms with Gasteiger partial charge in [0, 0.05) is 37.6 Å². The molecule has 0 heterocycles. The second-order valence-corrected chi connectivity index (χ2v) is 12.4. The smallest absolute Gasteiger partial charge is 0.306 e. The van der Waals surface area contributed by atoms with Crippen molar-refractivity contribution >= 4 is 35.6 Å². The van der Waals surface area contributed by atoms with Crippen LogP contribution in [0.2, 0.25) is 0 Å². The number of hydroxylamine groups is 3. The number of rotatable bonds is 26. The topological polar surface area (TPSA) is 208 Å². The molecule has 5 N–H and O–H groups in total. The molecule has 0 aromatic heterocycles. The van der Waals surface area contributed by atoms with Gasteiger partial charge in [-0.2, -0.15) is 0 Å². The molecule has 15 nitrogen and oxygen atoms in total. The van der Waals surface area contributed by atoms with Crippen molar-refractivity contribution in [3.63, 3.8) is 0 Å². The summed E-state index contributed by atoms with van der Waals surface area (Å²) < 4.78 is 5.04. The number of carboxylic acids is 1. The van der Waals surface area contributed by atoms with Gasteiger partial charge in [-0.15, -0.1) is 0 Å². The Bertz CT molecular complexity index is 1460. The summed E-state index contributed by atoms with van der Waals surface area (Å²) in [5.41, 5.74) is 8.41. The van der Waals surface area contributed by atoms with E-state index in [1.54, 1.807) is 0 Å². The van der Waals surface area contributed by atoms with Gasteiger partial charge >= 0.3 is 11.9 Å². The molecule has 0 saturated heterocycles. The highest BCUT2D eigenvalue weighted by Crippen LogP contribution is 2.27. The third-order valence-electron chi connectivity index (χ3n) is 8.05. The van der Waals surface area contributed by atoms with Crippen molar-refractivity contribution in [1.29, 1.82) is 0 Å². The molecule has 3 aromatic carbocycles. The normalized spacial score (nSPS) is 10.9. The van der Waals surface area contributed by atoms with Crippen LogP contribution in [-0.2, 0) is 67.8 Å². The van der Waals surface area contributed by atoms with E-state index in [-0.39, 0.29) is 90.6 Å². The molecule has 0 unspecified atom stereocenters. The number of ether oxygens (including phenoxy) is 1. The summed E-state index contributed by atoms with van der Waals surface area (Å²) in [6.45, 7) is 0.245. The maximum atomic E-state index is 13.3. The van der Waals surface area contributed by atoms with E-state index in [0.29, 0.717) is 0 Å². The molecule has 3 aromatic rings. The zero-order chi connectivity index (χ0) is 38.9. The Hall–Kier alpha value is -5.64. The Kier molecular flexibility index (Phi) is 19.5. The summed E-state index contributed by atoms with van der Waals surface area (Å²) in [6.07, 6.45) is -1.12. The zero-order valence-corrected chi connectivity index (χ0v) is 30.1. The average molecular weight is 749 g/mol. The van der Waals surface area contributed by atoms with Gasteiger partial charge in [0.15, 0.2) is 0 Å². The van der Waals surface area contributed by atoms with Crippen molar-refractivity contribution in [2.24, 2.45) is 0 Å². The van der Waals surface area contributed by atoms with Crippen LogP contribution in [-0.4, -0.2) is 52.8 Å². The van der Waals surface area contributed by atoms with E-state index in [1.807, 2.05) is 91.0 Å². The first-order valence-corrected chi connectivity index (χ1v) is 17.6. The largest absolute Gasteiger partial charge is 0.481 e. The number of hydrogen-bond acceptors (Lipinski definition) is 10. The van der Waals surface area contributed by atoms with Crippen molar-refractivity contribution in [3.8, 4) is 0 Å². The predicted octanol–water partition coefficient (Wildman–Crippen LogP) is 4.11. The molecule has 0 spiro atoms. The molecular weight excluding hydrogens is 700 g/mol. The van der Waals surface area contributed by atoms with Crippen molar-refractivity contribution < 1.29 is 53.1 Å². The molecule has 0 atom stereocenters. The Balaban J connectivity index is 1.68. The second-order valence-electron chi connectivity index (χ2n) is 12.4. The molecule has 290 valence electrons. The van der Waals surface area contributed by atoms with Gasteiger partial charge in [0.1, 0.15) is 0 Å². The first kappa shape index (κ1) is 42.8. The third kappa shape index (κ3) is 18.7. The van der Waals surface area contributed by atoms with Gasteiger partial charge in [-0.3, -0.25) is 43.3 Å². The summed E-state index contributed by atoms with van der Waals surface area (Å²) in [5, 5.41) is 11.7. The Morgan fingerprint density at radius 2 is 0.889 bits per heavy atom. The maximum Gasteiger partial charge on any atom is 0.306 e. The molecule has 4 amide bonds. The SMILES string of the molecule is O=C(O)CCCOC(=O)CCC(=O)NC(CCC(=O)NOCc1ccccc1)(CCC(=O)NOCc1ccccc1)CCC(=O)NOCc1ccccc1. The van der Waals surface area contributed by atoms with Gasteiger partial charge in [0.2, 0.25) is 23.6 Å². The highest BCUT2D eigenvalue weighted by molar-refractivity contribution is 5.82. The maximum absolute atomic E-state index is 13.3. The van der Waals surface area contributed by atoms with Crippen molar-refractivity contribution in [2.45, 2.75) is 89.6 Å². The summed E-state index contributed by atoms with van der Waals surface area (Å²) in [7, 11) is 0. The molecule has 0 saturated carbocycles. The molecular formula is C39H48N4O11. The van der Waals surface area contributed by atoms with Crippen LogP contribution in [0.4, 0.5) is 0 Å². The van der Waals surface area contributed by atoms with Gasteiger partial charge in [0.05, 0.1) is 32.8 Å². The van der Waals surface area contributed by atoms with E-state index < -0.39 is 41.1 Å². The minimum atomic E-state index is -1.28. The lowest BCUT2D eigenvalue weighted by molar-refractivity contribution is -0.146. The van der Waals surface area contributed by atoms with E-state index in [4.69, 9.17) is 24.4 Å². The van der Waals surface area contributed by atoms with Gasteiger partial charge in [-0.1, -0.05) is 91.0 Å². The number of hydrogen-bond donors (Lipinski definition) is 5. The molecule has 54 heavy (non-hydrogen) atoms. The zero-order valence-electron chi connectivity index (χ0n) is 30.1. The summed E-state index contributed by atoms with van der Waals surface area (Å²) in [4.78, 5) is 91.2. The van der Waals surface area contributed by atoms with Crippen LogP contribution in [0.5, 0.6) is 0 Å². The number of nitrogens with one attached hydrogen (secondary N) is 4. The van der Waals surface area contributed by atoms with Crippen LogP contribution in [0.3, 0.4) is 0 Å². The lowest BCUT2D eigenvalue weighted by Crippen LogP contribution is -2.50. The molecule has 0 fully saturated rings. The highest BCUT2D eigenvalue weighted by atomic mass is 16.7. The quantitative estimate of drug-likeness (QED) is 0.0448. The van der Waals surface area contributed by atoms with Gasteiger partial charge < -0.3 is 15.2 Å². The van der Waals surface area contributed by atoms with Crippen LogP contribution >= 0.6 is 0 Å². The van der Waals surface area contributed by atoms with Crippen LogP contribution < -0.4 is 21.8 Å². The van der Waals surface area contributed by atoms with E-state index in [0.717, 1.165) is 16.7 Å². The van der Waals surface area contributed by atoms with Crippen molar-refractivity contribution in [1.82, 2.24) is 21.8 Å². The number of carboxylic acid groups (broad SMARTS) is 1. The summed E-state index contributed by atoms with van der Waals surface area (Å²) in [6, 6.07) is 27.6. The van der Waals surface area contributed by atoms with Crippen LogP contribution in [0, 0.1) is 0 Å². The summed E-state index contributed by atoms with van der Waals surface area (Å²) >= 11 is 0. The number of carbonyl (C=O) groups excluding carboxylic acids is 5. The number of amides is 4. The molecule has 15 heteroatoms. The number of benzene rings is 3. The molecule has 0 aliphatic carbocycles. The first-order chi connectivity index (χ1) is 26.1. The predicted molar refractivity (Wildman–Crippen MR) is 194 cm³/mol. The van der Waals surface area contributed by atoms with E-state index in [9.17, 15) is 28.8 Å². The molecule has 3 rings (SSSR count). The summed E-state index contributed by atoms with van der Waals surface area (Å²) in [5.74, 6) is -3.80. The minimum Gasteiger partial charge on any atom is -0.481 e. The van der Waals surface area contributed by atoms with Gasteiger partial charge in [-0.05, 0) is 42.4 Å². The van der Waals surface area contributed by atoms with E-state index in [1.165, 1.54) is 0 Å². The Labute approximate surface area is 313 Å². The van der Waals surface area contributed by atoms with Crippen LogP contribution in [0.15, 0.2) is 91.0 Å². The second kappa shape index (κ2) is 24.6. The molecule has 0 bridgehead atoms. The van der Waals surface area contributed by atoms with Crippen LogP contribution in [0.25, 0.3) is 0 Å². The molecule has 0 aliphatic heterocycles. The monoisotopic (exact) mass is 748 g/mol. The van der Waals surface area contributed by atoms with Gasteiger partial charge in [-0.25, -0.2) is 16.4 Å². The standard InChI is InChI=1S/C39H48N4O11/c44-33(18-19-38(50)51-26-10-17-37(48)49)40-39(23-20-34(45)41-52-27-30-11-4-1-5-12-30,24-21-35(46)42-53-28-31-13-6-2-7-14-31)25-22-36(47)43-54-29-32-15-8-3-9-16-32/h1-9,11-16H,10,17-29H2,(H,40,44)(H,41,45)(H,42,46)(H,43,47)(H,48,49). The minimum absolute atomic E-state index is 0.00475. The lowest BCUT2D eigenvalue weighted by atomic mass is 9.83. The first-order valence-electron chi connectivity index (χ1n) is 17.6. The molecule has 0 aliphatic rings. The lowest BCUT2D eigenvalue weighted by Gasteiger charge is -2.35. The third-order valence-corrected chi connectivity index (χ3v) is 8.05. The fourth-order valence-corrected chi connectivity index (χ4v) is 5.15. The van der Waals surface area contributed by atoms with Crippen molar-refractivity contribution in [2.75, 3.05) is 6.61 Å². The number of esters is 1.